The largest absolute Gasteiger partial charge is 0.346 e. The maximum atomic E-state index is 13.6. The Labute approximate surface area is 162 Å². The van der Waals surface area contributed by atoms with Crippen LogP contribution in [0.15, 0.2) is 35.9 Å². The highest BCUT2D eigenvalue weighted by atomic mass is 32.1. The van der Waals surface area contributed by atoms with Gasteiger partial charge >= 0.3 is 0 Å². The Bertz CT molecular complexity index is 991. The van der Waals surface area contributed by atoms with E-state index in [0.29, 0.717) is 0 Å². The normalized spacial score (nSPS) is 16.4. The summed E-state index contributed by atoms with van der Waals surface area (Å²) in [5, 5.41) is 2.44. The minimum absolute atomic E-state index is 0.0446. The third kappa shape index (κ3) is 3.42. The summed E-state index contributed by atoms with van der Waals surface area (Å²) in [7, 11) is 0. The van der Waals surface area contributed by atoms with Crippen LogP contribution in [0, 0.1) is 19.7 Å². The smallest absolute Gasteiger partial charge is 0.270 e. The third-order valence-electron chi connectivity index (χ3n) is 4.51. The highest BCUT2D eigenvalue weighted by Crippen LogP contribution is 2.26. The van der Waals surface area contributed by atoms with Crippen molar-refractivity contribution in [1.29, 1.82) is 0 Å². The van der Waals surface area contributed by atoms with Crippen molar-refractivity contribution in [2.24, 2.45) is 0 Å². The lowest BCUT2D eigenvalue weighted by Crippen LogP contribution is -2.54. The van der Waals surface area contributed by atoms with Crippen molar-refractivity contribution in [3.8, 4) is 0 Å². The lowest BCUT2D eigenvalue weighted by atomic mass is 10.1. The van der Waals surface area contributed by atoms with Crippen molar-refractivity contribution in [1.82, 2.24) is 9.88 Å². The Morgan fingerprint density at radius 2 is 1.89 bits per heavy atom. The van der Waals surface area contributed by atoms with Gasteiger partial charge in [0.15, 0.2) is 5.11 Å². The number of nitrogens with zero attached hydrogens (tertiary/aromatic N) is 2. The molecule has 140 valence electrons. The van der Waals surface area contributed by atoms with Gasteiger partial charge in [0.25, 0.3) is 11.8 Å². The van der Waals surface area contributed by atoms with E-state index in [1.165, 1.54) is 18.2 Å². The summed E-state index contributed by atoms with van der Waals surface area (Å²) in [4.78, 5) is 26.5. The van der Waals surface area contributed by atoms with E-state index in [1.807, 2.05) is 19.9 Å². The first-order valence-corrected chi connectivity index (χ1v) is 8.97. The van der Waals surface area contributed by atoms with Gasteiger partial charge in [-0.05, 0) is 75.8 Å². The molecule has 27 heavy (non-hydrogen) atoms. The van der Waals surface area contributed by atoms with Gasteiger partial charge in [-0.25, -0.2) is 4.39 Å². The molecule has 1 aromatic carbocycles. The van der Waals surface area contributed by atoms with Crippen molar-refractivity contribution in [2.45, 2.75) is 33.7 Å². The average molecular weight is 385 g/mol. The molecule has 1 fully saturated rings. The molecule has 3 rings (SSSR count). The van der Waals surface area contributed by atoms with Crippen LogP contribution in [0.25, 0.3) is 6.08 Å². The second-order valence-electron chi connectivity index (χ2n) is 6.73. The van der Waals surface area contributed by atoms with Crippen molar-refractivity contribution in [3.63, 3.8) is 0 Å². The molecule has 0 radical (unpaired) electrons. The van der Waals surface area contributed by atoms with Crippen molar-refractivity contribution in [3.05, 3.63) is 58.7 Å². The van der Waals surface area contributed by atoms with Crippen molar-refractivity contribution in [2.75, 3.05) is 4.90 Å². The van der Waals surface area contributed by atoms with Crippen LogP contribution >= 0.6 is 12.2 Å². The van der Waals surface area contributed by atoms with E-state index in [9.17, 15) is 14.0 Å². The first-order valence-electron chi connectivity index (χ1n) is 8.56. The second kappa shape index (κ2) is 7.08. The minimum atomic E-state index is -0.580. The number of thiocarbonyl (C=S) groups is 1. The molecule has 2 aromatic rings. The number of rotatable bonds is 3. The van der Waals surface area contributed by atoms with Crippen LogP contribution < -0.4 is 10.2 Å². The molecule has 0 aliphatic carbocycles. The lowest BCUT2D eigenvalue weighted by Gasteiger charge is -2.28. The minimum Gasteiger partial charge on any atom is -0.346 e. The number of amides is 2. The van der Waals surface area contributed by atoms with Gasteiger partial charge in [-0.3, -0.25) is 19.8 Å². The van der Waals surface area contributed by atoms with Crippen LogP contribution in [0.5, 0.6) is 0 Å². The maximum absolute atomic E-state index is 13.6. The van der Waals surface area contributed by atoms with Gasteiger partial charge in [0.05, 0.1) is 5.69 Å². The van der Waals surface area contributed by atoms with E-state index in [-0.39, 0.29) is 22.4 Å². The number of halogens is 1. The molecule has 0 saturated carbocycles. The Kier molecular flexibility index (Phi) is 4.97. The topological polar surface area (TPSA) is 54.3 Å². The van der Waals surface area contributed by atoms with Crippen LogP contribution in [0.1, 0.15) is 36.8 Å². The zero-order chi connectivity index (χ0) is 19.9. The first kappa shape index (κ1) is 19.0. The Morgan fingerprint density at radius 3 is 2.48 bits per heavy atom. The van der Waals surface area contributed by atoms with Crippen LogP contribution in [0.4, 0.5) is 10.1 Å². The number of carbonyl (C=O) groups excluding carboxylic acids is 2. The van der Waals surface area contributed by atoms with E-state index in [2.05, 4.69) is 23.7 Å². The molecule has 7 heteroatoms. The van der Waals surface area contributed by atoms with E-state index < -0.39 is 17.6 Å². The summed E-state index contributed by atoms with van der Waals surface area (Å²) >= 11 is 5.13. The molecule has 1 saturated heterocycles. The molecule has 5 nitrogen and oxygen atoms in total. The van der Waals surface area contributed by atoms with Crippen molar-refractivity contribution >= 4 is 40.9 Å². The average Bonchev–Trinajstić information content (AvgIpc) is 2.85. The summed E-state index contributed by atoms with van der Waals surface area (Å²) in [5.41, 5.74) is 3.00. The van der Waals surface area contributed by atoms with Gasteiger partial charge in [-0.15, -0.1) is 0 Å². The van der Waals surface area contributed by atoms with Gasteiger partial charge in [0.1, 0.15) is 11.4 Å². The predicted octanol–water partition coefficient (Wildman–Crippen LogP) is 3.66. The number of hydrogen-bond acceptors (Lipinski definition) is 3. The predicted molar refractivity (Wildman–Crippen MR) is 107 cm³/mol. The maximum Gasteiger partial charge on any atom is 0.270 e. The molecular formula is C20H20FN3O2S. The molecule has 1 aliphatic heterocycles. The molecule has 2 heterocycles. The van der Waals surface area contributed by atoms with E-state index in [1.54, 1.807) is 12.1 Å². The van der Waals surface area contributed by atoms with Gasteiger partial charge in [0, 0.05) is 17.4 Å². The highest BCUT2D eigenvalue weighted by Gasteiger charge is 2.34. The fourth-order valence-corrected chi connectivity index (χ4v) is 3.69. The standard InChI is InChI=1S/C20H20FN3O2S/c1-11(2)23-12(3)8-14(13(23)4)9-17-18(25)22-20(27)24(19(17)26)16-7-5-6-15(21)10-16/h5-11H,1-4H3,(H,22,25,27). The van der Waals surface area contributed by atoms with E-state index in [0.717, 1.165) is 21.9 Å². The quantitative estimate of drug-likeness (QED) is 0.498. The lowest BCUT2D eigenvalue weighted by molar-refractivity contribution is -0.122. The number of hydrogen-bond donors (Lipinski definition) is 1. The monoisotopic (exact) mass is 385 g/mol. The van der Waals surface area contributed by atoms with Gasteiger partial charge in [-0.2, -0.15) is 0 Å². The summed E-state index contributed by atoms with van der Waals surface area (Å²) in [6, 6.07) is 7.71. The van der Waals surface area contributed by atoms with Crippen LogP contribution in [-0.2, 0) is 9.59 Å². The Hall–Kier alpha value is -2.80. The van der Waals surface area contributed by atoms with Gasteiger partial charge in [-0.1, -0.05) is 6.07 Å². The fraction of sp³-hybridized carbons (Fsp3) is 0.250. The number of aryl methyl sites for hydroxylation is 1. The molecule has 1 N–H and O–H groups in total. The second-order valence-corrected chi connectivity index (χ2v) is 7.11. The zero-order valence-corrected chi connectivity index (χ0v) is 16.4. The third-order valence-corrected chi connectivity index (χ3v) is 4.79. The number of aromatic nitrogens is 1. The number of nitrogens with one attached hydrogen (secondary N) is 1. The van der Waals surface area contributed by atoms with E-state index in [4.69, 9.17) is 12.2 Å². The van der Waals surface area contributed by atoms with Crippen LogP contribution in [0.2, 0.25) is 0 Å². The molecule has 0 atom stereocenters. The zero-order valence-electron chi connectivity index (χ0n) is 15.5. The summed E-state index contributed by atoms with van der Waals surface area (Å²) in [6.45, 7) is 8.06. The summed E-state index contributed by atoms with van der Waals surface area (Å²) < 4.78 is 15.7. The molecule has 0 bridgehead atoms. The molecule has 2 amide bonds. The van der Waals surface area contributed by atoms with Crippen LogP contribution in [0.3, 0.4) is 0 Å². The summed E-state index contributed by atoms with van der Waals surface area (Å²) in [6.07, 6.45) is 1.56. The number of benzene rings is 1. The SMILES string of the molecule is Cc1cc(C=C2C(=O)NC(=S)N(c3cccc(F)c3)C2=O)c(C)n1C(C)C. The van der Waals surface area contributed by atoms with Gasteiger partial charge < -0.3 is 4.57 Å². The Balaban J connectivity index is 2.06. The summed E-state index contributed by atoms with van der Waals surface area (Å²) in [5.74, 6) is -1.64. The molecule has 0 unspecified atom stereocenters. The van der Waals surface area contributed by atoms with Crippen molar-refractivity contribution < 1.29 is 14.0 Å². The number of anilines is 1. The van der Waals surface area contributed by atoms with E-state index >= 15 is 0 Å². The Morgan fingerprint density at radius 1 is 1.19 bits per heavy atom. The molecule has 1 aliphatic rings. The van der Waals surface area contributed by atoms with Crippen LogP contribution in [-0.4, -0.2) is 21.5 Å². The van der Waals surface area contributed by atoms with Gasteiger partial charge in [0.2, 0.25) is 0 Å². The fourth-order valence-electron chi connectivity index (χ4n) is 3.41. The molecule has 0 spiro atoms. The number of carbonyl (C=O) groups is 2. The highest BCUT2D eigenvalue weighted by molar-refractivity contribution is 7.80. The molecule has 1 aromatic heterocycles. The molecular weight excluding hydrogens is 365 g/mol. The first-order chi connectivity index (χ1) is 12.7.